The minimum atomic E-state index is -0.325. The third-order valence-corrected chi connectivity index (χ3v) is 6.29. The van der Waals surface area contributed by atoms with Gasteiger partial charge < -0.3 is 9.64 Å². The SMILES string of the molecule is COc1ccc(-c2nnc(SC(C)C(=O)N(C)Cc3ccccc3)n2-c2ccccc2)cc1. The lowest BCUT2D eigenvalue weighted by molar-refractivity contribution is -0.129. The molecule has 33 heavy (non-hydrogen) atoms. The molecule has 168 valence electrons. The number of thioether (sulfide) groups is 1. The van der Waals surface area contributed by atoms with Gasteiger partial charge in [0.25, 0.3) is 0 Å². The van der Waals surface area contributed by atoms with E-state index >= 15 is 0 Å². The highest BCUT2D eigenvalue weighted by Crippen LogP contribution is 2.31. The summed E-state index contributed by atoms with van der Waals surface area (Å²) in [5.74, 6) is 1.53. The van der Waals surface area contributed by atoms with Crippen LogP contribution >= 0.6 is 11.8 Å². The molecule has 0 radical (unpaired) electrons. The Morgan fingerprint density at radius 1 is 0.970 bits per heavy atom. The lowest BCUT2D eigenvalue weighted by atomic mass is 10.2. The van der Waals surface area contributed by atoms with E-state index in [1.165, 1.54) is 11.8 Å². The van der Waals surface area contributed by atoms with Gasteiger partial charge in [0, 0.05) is 24.8 Å². The third kappa shape index (κ3) is 5.26. The Bertz CT molecular complexity index is 1190. The minimum absolute atomic E-state index is 0.0393. The summed E-state index contributed by atoms with van der Waals surface area (Å²) < 4.78 is 7.27. The molecule has 0 N–H and O–H groups in total. The average Bonchev–Trinajstić information content (AvgIpc) is 3.28. The van der Waals surface area contributed by atoms with E-state index in [4.69, 9.17) is 4.74 Å². The molecule has 3 aromatic carbocycles. The zero-order chi connectivity index (χ0) is 23.2. The van der Waals surface area contributed by atoms with E-state index < -0.39 is 0 Å². The Morgan fingerprint density at radius 3 is 2.24 bits per heavy atom. The van der Waals surface area contributed by atoms with Crippen molar-refractivity contribution in [2.75, 3.05) is 14.2 Å². The zero-order valence-electron chi connectivity index (χ0n) is 18.9. The van der Waals surface area contributed by atoms with Crippen molar-refractivity contribution in [2.24, 2.45) is 0 Å². The van der Waals surface area contributed by atoms with Crippen LogP contribution in [0.1, 0.15) is 12.5 Å². The van der Waals surface area contributed by atoms with Gasteiger partial charge in [0.1, 0.15) is 5.75 Å². The minimum Gasteiger partial charge on any atom is -0.497 e. The van der Waals surface area contributed by atoms with E-state index in [0.29, 0.717) is 17.5 Å². The maximum absolute atomic E-state index is 13.1. The number of carbonyl (C=O) groups is 1. The first-order valence-corrected chi connectivity index (χ1v) is 11.6. The van der Waals surface area contributed by atoms with E-state index in [0.717, 1.165) is 22.6 Å². The number of benzene rings is 3. The Morgan fingerprint density at radius 2 is 1.61 bits per heavy atom. The number of ether oxygens (including phenoxy) is 1. The molecule has 4 rings (SSSR count). The first kappa shape index (κ1) is 22.6. The van der Waals surface area contributed by atoms with Gasteiger partial charge in [-0.1, -0.05) is 60.3 Å². The Labute approximate surface area is 198 Å². The molecular formula is C26H26N4O2S. The predicted octanol–water partition coefficient (Wildman–Crippen LogP) is 5.08. The van der Waals surface area contributed by atoms with Crippen molar-refractivity contribution < 1.29 is 9.53 Å². The van der Waals surface area contributed by atoms with E-state index in [1.807, 2.05) is 103 Å². The smallest absolute Gasteiger partial charge is 0.235 e. The maximum atomic E-state index is 13.1. The van der Waals surface area contributed by atoms with Crippen LogP contribution < -0.4 is 4.74 Å². The molecule has 0 aliphatic carbocycles. The molecule has 7 heteroatoms. The third-order valence-electron chi connectivity index (χ3n) is 5.26. The standard InChI is InChI=1S/C26H26N4O2S/c1-19(25(31)29(2)18-20-10-6-4-7-11-20)33-26-28-27-24(21-14-16-23(32-3)17-15-21)30(26)22-12-8-5-9-13-22/h4-17,19H,18H2,1-3H3. The van der Waals surface area contributed by atoms with Gasteiger partial charge in [-0.3, -0.25) is 9.36 Å². The highest BCUT2D eigenvalue weighted by atomic mass is 32.2. The molecule has 0 aliphatic rings. The van der Waals surface area contributed by atoms with Gasteiger partial charge in [0.15, 0.2) is 11.0 Å². The first-order chi connectivity index (χ1) is 16.1. The summed E-state index contributed by atoms with van der Waals surface area (Å²) in [4.78, 5) is 14.8. The molecule has 0 fully saturated rings. The van der Waals surface area contributed by atoms with Gasteiger partial charge in [-0.05, 0) is 48.9 Å². The van der Waals surface area contributed by atoms with Gasteiger partial charge in [-0.2, -0.15) is 0 Å². The van der Waals surface area contributed by atoms with Crippen LogP contribution in [0.25, 0.3) is 17.1 Å². The number of amides is 1. The van der Waals surface area contributed by atoms with Gasteiger partial charge in [0.05, 0.1) is 12.4 Å². The second-order valence-corrected chi connectivity index (χ2v) is 8.95. The van der Waals surface area contributed by atoms with Crippen molar-refractivity contribution >= 4 is 17.7 Å². The lowest BCUT2D eigenvalue weighted by Crippen LogP contribution is -2.32. The first-order valence-electron chi connectivity index (χ1n) is 10.7. The molecule has 0 aliphatic heterocycles. The van der Waals surface area contributed by atoms with Crippen LogP contribution in [0.5, 0.6) is 5.75 Å². The fraction of sp³-hybridized carbons (Fsp3) is 0.192. The van der Waals surface area contributed by atoms with Crippen LogP contribution in [0.15, 0.2) is 90.1 Å². The van der Waals surface area contributed by atoms with E-state index in [-0.39, 0.29) is 11.2 Å². The van der Waals surface area contributed by atoms with Crippen LogP contribution in [-0.4, -0.2) is 45.0 Å². The maximum Gasteiger partial charge on any atom is 0.235 e. The summed E-state index contributed by atoms with van der Waals surface area (Å²) in [6.45, 7) is 2.47. The van der Waals surface area contributed by atoms with Gasteiger partial charge in [0.2, 0.25) is 5.91 Å². The molecule has 1 unspecified atom stereocenters. The number of aromatic nitrogens is 3. The summed E-state index contributed by atoms with van der Waals surface area (Å²) in [7, 11) is 3.47. The molecule has 1 atom stereocenters. The zero-order valence-corrected chi connectivity index (χ0v) is 19.7. The number of nitrogens with zero attached hydrogens (tertiary/aromatic N) is 4. The largest absolute Gasteiger partial charge is 0.497 e. The van der Waals surface area contributed by atoms with E-state index in [1.54, 1.807) is 12.0 Å². The van der Waals surface area contributed by atoms with Crippen LogP contribution in [0.2, 0.25) is 0 Å². The van der Waals surface area contributed by atoms with Gasteiger partial charge in [-0.15, -0.1) is 10.2 Å². The van der Waals surface area contributed by atoms with Crippen molar-refractivity contribution in [3.8, 4) is 22.8 Å². The normalized spacial score (nSPS) is 11.7. The molecule has 0 bridgehead atoms. The topological polar surface area (TPSA) is 60.3 Å². The number of hydrogen-bond acceptors (Lipinski definition) is 5. The fourth-order valence-corrected chi connectivity index (χ4v) is 4.52. The Hall–Kier alpha value is -3.58. The van der Waals surface area contributed by atoms with Crippen molar-refractivity contribution in [2.45, 2.75) is 23.9 Å². The Kier molecular flexibility index (Phi) is 7.10. The monoisotopic (exact) mass is 458 g/mol. The van der Waals surface area contributed by atoms with Crippen LogP contribution in [0.4, 0.5) is 0 Å². The Balaban J connectivity index is 1.60. The van der Waals surface area contributed by atoms with E-state index in [2.05, 4.69) is 10.2 Å². The molecule has 4 aromatic rings. The fourth-order valence-electron chi connectivity index (χ4n) is 3.54. The number of methoxy groups -OCH3 is 1. The van der Waals surface area contributed by atoms with Crippen molar-refractivity contribution in [1.29, 1.82) is 0 Å². The van der Waals surface area contributed by atoms with Crippen LogP contribution in [0.3, 0.4) is 0 Å². The summed E-state index contributed by atoms with van der Waals surface area (Å²) >= 11 is 1.41. The second kappa shape index (κ2) is 10.4. The number of hydrogen-bond donors (Lipinski definition) is 0. The van der Waals surface area contributed by atoms with Crippen molar-refractivity contribution in [3.63, 3.8) is 0 Å². The number of para-hydroxylation sites is 1. The second-order valence-electron chi connectivity index (χ2n) is 7.65. The van der Waals surface area contributed by atoms with Crippen LogP contribution in [-0.2, 0) is 11.3 Å². The highest BCUT2D eigenvalue weighted by molar-refractivity contribution is 8.00. The molecular weight excluding hydrogens is 432 g/mol. The van der Waals surface area contributed by atoms with Gasteiger partial charge in [-0.25, -0.2) is 0 Å². The summed E-state index contributed by atoms with van der Waals surface area (Å²) in [5.41, 5.74) is 2.95. The molecule has 1 heterocycles. The molecule has 1 amide bonds. The number of carbonyl (C=O) groups excluding carboxylic acids is 1. The van der Waals surface area contributed by atoms with Crippen LogP contribution in [0, 0.1) is 0 Å². The summed E-state index contributed by atoms with van der Waals surface area (Å²) in [6.07, 6.45) is 0. The molecule has 0 saturated heterocycles. The molecule has 0 spiro atoms. The molecule has 1 aromatic heterocycles. The van der Waals surface area contributed by atoms with Crippen molar-refractivity contribution in [3.05, 3.63) is 90.5 Å². The van der Waals surface area contributed by atoms with Gasteiger partial charge >= 0.3 is 0 Å². The van der Waals surface area contributed by atoms with E-state index in [9.17, 15) is 4.79 Å². The molecule has 6 nitrogen and oxygen atoms in total. The lowest BCUT2D eigenvalue weighted by Gasteiger charge is -2.21. The summed E-state index contributed by atoms with van der Waals surface area (Å²) in [5, 5.41) is 9.26. The van der Waals surface area contributed by atoms with Crippen molar-refractivity contribution in [1.82, 2.24) is 19.7 Å². The summed E-state index contributed by atoms with van der Waals surface area (Å²) in [6, 6.07) is 27.6. The molecule has 0 saturated carbocycles. The average molecular weight is 459 g/mol. The number of rotatable bonds is 8. The quantitative estimate of drug-likeness (QED) is 0.345. The predicted molar refractivity (Wildman–Crippen MR) is 132 cm³/mol. The highest BCUT2D eigenvalue weighted by Gasteiger charge is 2.24.